The molecule has 170 valence electrons. The number of carbonyl (C=O) groups is 1. The highest BCUT2D eigenvalue weighted by atomic mass is 35.5. The van der Waals surface area contributed by atoms with Crippen LogP contribution >= 0.6 is 11.6 Å². The second kappa shape index (κ2) is 10.0. The van der Waals surface area contributed by atoms with E-state index >= 15 is 0 Å². The second-order valence-electron chi connectivity index (χ2n) is 7.79. The van der Waals surface area contributed by atoms with Crippen LogP contribution in [0.25, 0.3) is 16.9 Å². The number of aromatic nitrogens is 3. The number of pyridine rings is 1. The number of fused-ring (bicyclic) bond motifs is 1. The molecule has 2 atom stereocenters. The highest BCUT2D eigenvalue weighted by Gasteiger charge is 2.18. The van der Waals surface area contributed by atoms with Crippen LogP contribution in [0.15, 0.2) is 66.7 Å². The number of amides is 1. The number of halogens is 1. The Morgan fingerprint density at radius 3 is 2.52 bits per heavy atom. The number of anilines is 2. The predicted octanol–water partition coefficient (Wildman–Crippen LogP) is 5.07. The molecular formula is C25H26ClN5O2. The Morgan fingerprint density at radius 2 is 1.82 bits per heavy atom. The van der Waals surface area contributed by atoms with Crippen molar-refractivity contribution in [3.05, 3.63) is 77.3 Å². The third kappa shape index (κ3) is 5.16. The van der Waals surface area contributed by atoms with Crippen molar-refractivity contribution < 1.29 is 9.90 Å². The van der Waals surface area contributed by atoms with Crippen molar-refractivity contribution >= 4 is 34.8 Å². The lowest BCUT2D eigenvalue weighted by Gasteiger charge is -2.21. The summed E-state index contributed by atoms with van der Waals surface area (Å²) in [7, 11) is 0. The smallest absolute Gasteiger partial charge is 0.251 e. The van der Waals surface area contributed by atoms with Gasteiger partial charge >= 0.3 is 0 Å². The Kier molecular flexibility index (Phi) is 6.91. The Labute approximate surface area is 197 Å². The largest absolute Gasteiger partial charge is 0.391 e. The zero-order valence-electron chi connectivity index (χ0n) is 18.5. The first-order chi connectivity index (χ1) is 16.0. The molecule has 2 aromatic carbocycles. The molecule has 0 aliphatic carbocycles. The number of rotatable bonds is 8. The number of nitrogens with one attached hydrogen (secondary N) is 2. The molecule has 0 aliphatic rings. The third-order valence-corrected chi connectivity index (χ3v) is 5.76. The molecule has 0 fully saturated rings. The lowest BCUT2D eigenvalue weighted by Crippen LogP contribution is -2.42. The number of hydrogen-bond acceptors (Lipinski definition) is 5. The maximum atomic E-state index is 12.5. The van der Waals surface area contributed by atoms with Crippen LogP contribution in [0.4, 0.5) is 11.6 Å². The molecule has 2 unspecified atom stereocenters. The van der Waals surface area contributed by atoms with Gasteiger partial charge in [0.15, 0.2) is 5.65 Å². The van der Waals surface area contributed by atoms with Gasteiger partial charge in [-0.1, -0.05) is 43.6 Å². The first-order valence-corrected chi connectivity index (χ1v) is 11.3. The monoisotopic (exact) mass is 463 g/mol. The molecule has 0 aliphatic heterocycles. The topological polar surface area (TPSA) is 91.5 Å². The van der Waals surface area contributed by atoms with Gasteiger partial charge in [0.1, 0.15) is 0 Å². The van der Waals surface area contributed by atoms with Gasteiger partial charge in [-0.15, -0.1) is 5.10 Å². The van der Waals surface area contributed by atoms with Gasteiger partial charge in [-0.05, 0) is 61.4 Å². The minimum atomic E-state index is -0.558. The molecule has 0 saturated carbocycles. The Morgan fingerprint density at radius 1 is 1.06 bits per heavy atom. The number of aliphatic hydroxyl groups is 1. The molecule has 4 rings (SSSR count). The van der Waals surface area contributed by atoms with Crippen molar-refractivity contribution in [3.63, 3.8) is 0 Å². The van der Waals surface area contributed by atoms with Crippen LogP contribution in [0.5, 0.6) is 0 Å². The summed E-state index contributed by atoms with van der Waals surface area (Å²) in [6, 6.07) is 20.2. The SMILES string of the molecule is CCC(O)C(CC)NC(=O)c1ccc(Nc2nc3cccc(-c4cccc(Cl)c4)n3n2)cc1. The van der Waals surface area contributed by atoms with Crippen LogP contribution in [0.3, 0.4) is 0 Å². The van der Waals surface area contributed by atoms with Gasteiger partial charge in [0.05, 0.1) is 17.8 Å². The molecule has 0 radical (unpaired) electrons. The van der Waals surface area contributed by atoms with Crippen LogP contribution in [-0.2, 0) is 0 Å². The fourth-order valence-corrected chi connectivity index (χ4v) is 3.86. The van der Waals surface area contributed by atoms with Crippen LogP contribution < -0.4 is 10.6 Å². The Balaban J connectivity index is 1.51. The number of nitrogens with zero attached hydrogens (tertiary/aromatic N) is 3. The zero-order valence-corrected chi connectivity index (χ0v) is 19.3. The van der Waals surface area contributed by atoms with Gasteiger partial charge in [-0.25, -0.2) is 4.52 Å². The van der Waals surface area contributed by atoms with Crippen LogP contribution in [0, 0.1) is 0 Å². The van der Waals surface area contributed by atoms with E-state index in [9.17, 15) is 9.90 Å². The highest BCUT2D eigenvalue weighted by Crippen LogP contribution is 2.24. The highest BCUT2D eigenvalue weighted by molar-refractivity contribution is 6.30. The van der Waals surface area contributed by atoms with Gasteiger partial charge in [0, 0.05) is 21.8 Å². The van der Waals surface area contributed by atoms with Gasteiger partial charge in [0.25, 0.3) is 5.91 Å². The maximum Gasteiger partial charge on any atom is 0.251 e. The molecule has 33 heavy (non-hydrogen) atoms. The van der Waals surface area contributed by atoms with E-state index in [0.29, 0.717) is 35.0 Å². The van der Waals surface area contributed by atoms with Crippen molar-refractivity contribution in [2.75, 3.05) is 5.32 Å². The lowest BCUT2D eigenvalue weighted by molar-refractivity contribution is 0.0819. The van der Waals surface area contributed by atoms with Crippen molar-refractivity contribution in [1.29, 1.82) is 0 Å². The summed E-state index contributed by atoms with van der Waals surface area (Å²) in [6.45, 7) is 3.84. The summed E-state index contributed by atoms with van der Waals surface area (Å²) >= 11 is 6.15. The molecule has 1 amide bonds. The lowest BCUT2D eigenvalue weighted by atomic mass is 10.1. The summed E-state index contributed by atoms with van der Waals surface area (Å²) in [5.74, 6) is 0.233. The van der Waals surface area contributed by atoms with Gasteiger partial charge < -0.3 is 15.7 Å². The van der Waals surface area contributed by atoms with Crippen molar-refractivity contribution in [1.82, 2.24) is 19.9 Å². The van der Waals surface area contributed by atoms with E-state index in [1.54, 1.807) is 28.8 Å². The van der Waals surface area contributed by atoms with E-state index in [2.05, 4.69) is 20.7 Å². The predicted molar refractivity (Wildman–Crippen MR) is 131 cm³/mol. The van der Waals surface area contributed by atoms with Gasteiger partial charge in [0.2, 0.25) is 5.95 Å². The number of aliphatic hydroxyl groups excluding tert-OH is 1. The van der Waals surface area contributed by atoms with E-state index in [-0.39, 0.29) is 11.9 Å². The molecule has 2 aromatic heterocycles. The minimum absolute atomic E-state index is 0.210. The summed E-state index contributed by atoms with van der Waals surface area (Å²) < 4.78 is 1.76. The van der Waals surface area contributed by atoms with E-state index < -0.39 is 6.10 Å². The van der Waals surface area contributed by atoms with Crippen LogP contribution in [-0.4, -0.2) is 37.8 Å². The average Bonchev–Trinajstić information content (AvgIpc) is 3.24. The van der Waals surface area contributed by atoms with Crippen LogP contribution in [0.2, 0.25) is 5.02 Å². The summed E-state index contributed by atoms with van der Waals surface area (Å²) in [5, 5.41) is 21.4. The molecule has 8 heteroatoms. The molecule has 2 heterocycles. The number of carbonyl (C=O) groups excluding carboxylic acids is 1. The van der Waals surface area contributed by atoms with Gasteiger partial charge in [-0.2, -0.15) is 4.98 Å². The average molecular weight is 464 g/mol. The molecule has 0 bridgehead atoms. The molecule has 4 aromatic rings. The molecule has 3 N–H and O–H groups in total. The van der Waals surface area contributed by atoms with Crippen molar-refractivity contribution in [2.24, 2.45) is 0 Å². The first-order valence-electron chi connectivity index (χ1n) is 11.0. The van der Waals surface area contributed by atoms with Gasteiger partial charge in [-0.3, -0.25) is 4.79 Å². The molecule has 0 saturated heterocycles. The zero-order chi connectivity index (χ0) is 23.4. The quantitative estimate of drug-likeness (QED) is 0.339. The normalized spacial score (nSPS) is 13.0. The van der Waals surface area contributed by atoms with E-state index in [1.165, 1.54) is 0 Å². The first kappa shape index (κ1) is 22.8. The third-order valence-electron chi connectivity index (χ3n) is 5.52. The number of hydrogen-bond donors (Lipinski definition) is 3. The number of benzene rings is 2. The molecule has 7 nitrogen and oxygen atoms in total. The van der Waals surface area contributed by atoms with Crippen LogP contribution in [0.1, 0.15) is 37.0 Å². The summed E-state index contributed by atoms with van der Waals surface area (Å²) in [4.78, 5) is 17.1. The standard InChI is InChI=1S/C25H26ClN5O2/c1-3-20(22(32)4-2)28-24(33)16-11-13-19(14-12-16)27-25-29-23-10-6-9-21(31(23)30-25)17-7-5-8-18(26)15-17/h5-15,20,22,32H,3-4H2,1-2H3,(H,27,30)(H,28,33). The summed E-state index contributed by atoms with van der Waals surface area (Å²) in [6.07, 6.45) is 0.696. The Bertz CT molecular complexity index is 1260. The van der Waals surface area contributed by atoms with E-state index in [4.69, 9.17) is 11.6 Å². The molecular weight excluding hydrogens is 438 g/mol. The summed E-state index contributed by atoms with van der Waals surface area (Å²) in [5.41, 5.74) is 3.80. The second-order valence-corrected chi connectivity index (χ2v) is 8.23. The minimum Gasteiger partial charge on any atom is -0.391 e. The fraction of sp³-hybridized carbons (Fsp3) is 0.240. The Hall–Kier alpha value is -3.42. The molecule has 0 spiro atoms. The fourth-order valence-electron chi connectivity index (χ4n) is 3.67. The van der Waals surface area contributed by atoms with E-state index in [1.807, 2.05) is 56.3 Å². The maximum absolute atomic E-state index is 12.5. The van der Waals surface area contributed by atoms with Crippen molar-refractivity contribution in [2.45, 2.75) is 38.8 Å². The van der Waals surface area contributed by atoms with Crippen molar-refractivity contribution in [3.8, 4) is 11.3 Å². The van der Waals surface area contributed by atoms with E-state index in [0.717, 1.165) is 16.9 Å².